The topological polar surface area (TPSA) is 38.9 Å². The Morgan fingerprint density at radius 1 is 1.45 bits per heavy atom. The SMILES string of the molecule is Cc1nc(Br)c(N)c(C)c1Cl. The predicted octanol–water partition coefficient (Wildman–Crippen LogP) is 2.70. The van der Waals surface area contributed by atoms with Crippen LogP contribution < -0.4 is 5.73 Å². The van der Waals surface area contributed by atoms with E-state index >= 15 is 0 Å². The van der Waals surface area contributed by atoms with Gasteiger partial charge in [-0.1, -0.05) is 11.6 Å². The zero-order chi connectivity index (χ0) is 8.59. The van der Waals surface area contributed by atoms with Crippen LogP contribution in [0.3, 0.4) is 0 Å². The maximum absolute atomic E-state index is 5.89. The van der Waals surface area contributed by atoms with Gasteiger partial charge in [0.15, 0.2) is 0 Å². The summed E-state index contributed by atoms with van der Waals surface area (Å²) in [6, 6.07) is 0. The van der Waals surface area contributed by atoms with Gasteiger partial charge in [0, 0.05) is 0 Å². The van der Waals surface area contributed by atoms with E-state index in [0.717, 1.165) is 11.3 Å². The summed E-state index contributed by atoms with van der Waals surface area (Å²) in [6.45, 7) is 3.72. The lowest BCUT2D eigenvalue weighted by Gasteiger charge is -2.06. The zero-order valence-electron chi connectivity index (χ0n) is 6.28. The highest BCUT2D eigenvalue weighted by Crippen LogP contribution is 2.28. The summed E-state index contributed by atoms with van der Waals surface area (Å²) in [6.07, 6.45) is 0. The van der Waals surface area contributed by atoms with Crippen LogP contribution >= 0.6 is 27.5 Å². The molecule has 0 aliphatic carbocycles. The third kappa shape index (κ3) is 1.49. The van der Waals surface area contributed by atoms with E-state index in [4.69, 9.17) is 17.3 Å². The predicted molar refractivity (Wildman–Crippen MR) is 50.8 cm³/mol. The van der Waals surface area contributed by atoms with Gasteiger partial charge >= 0.3 is 0 Å². The number of pyridine rings is 1. The summed E-state index contributed by atoms with van der Waals surface area (Å²) in [4.78, 5) is 4.09. The molecule has 0 amide bonds. The molecule has 0 bridgehead atoms. The molecule has 1 heterocycles. The number of halogens is 2. The summed E-state index contributed by atoms with van der Waals surface area (Å²) in [5.74, 6) is 0. The highest BCUT2D eigenvalue weighted by atomic mass is 79.9. The van der Waals surface area contributed by atoms with Gasteiger partial charge in [-0.3, -0.25) is 0 Å². The van der Waals surface area contributed by atoms with E-state index in [2.05, 4.69) is 20.9 Å². The van der Waals surface area contributed by atoms with Gasteiger partial charge < -0.3 is 5.73 Å². The highest BCUT2D eigenvalue weighted by Gasteiger charge is 2.07. The number of nitrogens with two attached hydrogens (primary N) is 1. The monoisotopic (exact) mass is 234 g/mol. The molecule has 1 rings (SSSR count). The summed E-state index contributed by atoms with van der Waals surface area (Å²) < 4.78 is 0.664. The average Bonchev–Trinajstić information content (AvgIpc) is 1.97. The van der Waals surface area contributed by atoms with Crippen LogP contribution in [0.25, 0.3) is 0 Å². The van der Waals surface area contributed by atoms with Crippen LogP contribution in [0.2, 0.25) is 5.02 Å². The van der Waals surface area contributed by atoms with Crippen LogP contribution in [-0.2, 0) is 0 Å². The summed E-state index contributed by atoms with van der Waals surface area (Å²) >= 11 is 9.13. The maximum Gasteiger partial charge on any atom is 0.129 e. The van der Waals surface area contributed by atoms with Crippen LogP contribution in [0.5, 0.6) is 0 Å². The van der Waals surface area contributed by atoms with E-state index in [1.807, 2.05) is 13.8 Å². The van der Waals surface area contributed by atoms with Crippen molar-refractivity contribution in [2.24, 2.45) is 0 Å². The summed E-state index contributed by atoms with van der Waals surface area (Å²) in [7, 11) is 0. The van der Waals surface area contributed by atoms with Crippen molar-refractivity contribution in [2.75, 3.05) is 5.73 Å². The Bertz CT molecular complexity index is 273. The van der Waals surface area contributed by atoms with Crippen molar-refractivity contribution in [2.45, 2.75) is 13.8 Å². The van der Waals surface area contributed by atoms with Crippen molar-refractivity contribution >= 4 is 33.2 Å². The molecular formula is C7H8BrClN2. The summed E-state index contributed by atoms with van der Waals surface area (Å²) in [5.41, 5.74) is 7.95. The fourth-order valence-corrected chi connectivity index (χ4v) is 1.51. The molecule has 2 nitrogen and oxygen atoms in total. The van der Waals surface area contributed by atoms with Crippen molar-refractivity contribution in [3.05, 3.63) is 20.9 Å². The van der Waals surface area contributed by atoms with Gasteiger partial charge in [0.25, 0.3) is 0 Å². The first-order valence-electron chi connectivity index (χ1n) is 3.11. The van der Waals surface area contributed by atoms with Crippen LogP contribution in [0, 0.1) is 13.8 Å². The molecule has 0 radical (unpaired) electrons. The molecule has 0 fully saturated rings. The molecule has 0 atom stereocenters. The largest absolute Gasteiger partial charge is 0.396 e. The zero-order valence-corrected chi connectivity index (χ0v) is 8.62. The van der Waals surface area contributed by atoms with Crippen molar-refractivity contribution in [1.82, 2.24) is 4.98 Å². The Kier molecular flexibility index (Phi) is 2.40. The van der Waals surface area contributed by atoms with Crippen molar-refractivity contribution in [1.29, 1.82) is 0 Å². The van der Waals surface area contributed by atoms with E-state index in [1.165, 1.54) is 0 Å². The highest BCUT2D eigenvalue weighted by molar-refractivity contribution is 9.10. The second-order valence-corrected chi connectivity index (χ2v) is 3.47. The lowest BCUT2D eigenvalue weighted by Crippen LogP contribution is -1.97. The summed E-state index contributed by atoms with van der Waals surface area (Å²) in [5, 5.41) is 0.644. The molecule has 0 saturated carbocycles. The lowest BCUT2D eigenvalue weighted by molar-refractivity contribution is 1.15. The van der Waals surface area contributed by atoms with Gasteiger partial charge in [-0.25, -0.2) is 4.98 Å². The van der Waals surface area contributed by atoms with Crippen molar-refractivity contribution < 1.29 is 0 Å². The van der Waals surface area contributed by atoms with E-state index in [0.29, 0.717) is 15.3 Å². The average molecular weight is 236 g/mol. The van der Waals surface area contributed by atoms with E-state index in [-0.39, 0.29) is 0 Å². The minimum absolute atomic E-state index is 0.612. The first kappa shape index (κ1) is 8.81. The Morgan fingerprint density at radius 3 is 2.55 bits per heavy atom. The van der Waals surface area contributed by atoms with Crippen LogP contribution in [0.15, 0.2) is 4.60 Å². The minimum Gasteiger partial charge on any atom is -0.396 e. The first-order valence-corrected chi connectivity index (χ1v) is 4.28. The molecule has 60 valence electrons. The number of nitrogens with zero attached hydrogens (tertiary/aromatic N) is 1. The molecule has 4 heteroatoms. The molecule has 2 N–H and O–H groups in total. The molecule has 0 aliphatic heterocycles. The molecular weight excluding hydrogens is 227 g/mol. The van der Waals surface area contributed by atoms with Gasteiger partial charge in [0.1, 0.15) is 4.60 Å². The Hall–Kier alpha value is -0.280. The van der Waals surface area contributed by atoms with Gasteiger partial charge in [0.2, 0.25) is 0 Å². The fraction of sp³-hybridized carbons (Fsp3) is 0.286. The van der Waals surface area contributed by atoms with Gasteiger partial charge in [0.05, 0.1) is 16.4 Å². The van der Waals surface area contributed by atoms with Crippen LogP contribution in [0.4, 0.5) is 5.69 Å². The van der Waals surface area contributed by atoms with Gasteiger partial charge in [-0.15, -0.1) is 0 Å². The number of aromatic nitrogens is 1. The molecule has 0 aliphatic rings. The van der Waals surface area contributed by atoms with E-state index in [1.54, 1.807) is 0 Å². The maximum atomic E-state index is 5.89. The number of nitrogen functional groups attached to an aromatic ring is 1. The fourth-order valence-electron chi connectivity index (χ4n) is 0.801. The molecule has 0 saturated heterocycles. The Balaban J connectivity index is 3.46. The normalized spacial score (nSPS) is 10.2. The standard InChI is InChI=1S/C7H8BrClN2/c1-3-5(9)4(2)11-7(8)6(3)10/h10H2,1-2H3. The second-order valence-electron chi connectivity index (χ2n) is 2.34. The number of anilines is 1. The minimum atomic E-state index is 0.612. The molecule has 1 aromatic heterocycles. The molecule has 1 aromatic rings. The molecule has 0 aromatic carbocycles. The Morgan fingerprint density at radius 2 is 2.00 bits per heavy atom. The lowest BCUT2D eigenvalue weighted by atomic mass is 10.2. The first-order chi connectivity index (χ1) is 5.04. The van der Waals surface area contributed by atoms with Gasteiger partial charge in [-0.05, 0) is 35.3 Å². The van der Waals surface area contributed by atoms with E-state index < -0.39 is 0 Å². The third-order valence-corrected chi connectivity index (χ3v) is 2.70. The number of hydrogen-bond donors (Lipinski definition) is 1. The number of rotatable bonds is 0. The number of hydrogen-bond acceptors (Lipinski definition) is 2. The van der Waals surface area contributed by atoms with Crippen LogP contribution in [0.1, 0.15) is 11.3 Å². The van der Waals surface area contributed by atoms with Gasteiger partial charge in [-0.2, -0.15) is 0 Å². The Labute approximate surface area is 78.9 Å². The van der Waals surface area contributed by atoms with Crippen molar-refractivity contribution in [3.8, 4) is 0 Å². The second kappa shape index (κ2) is 2.99. The molecule has 0 spiro atoms. The smallest absolute Gasteiger partial charge is 0.129 e. The third-order valence-electron chi connectivity index (χ3n) is 1.54. The van der Waals surface area contributed by atoms with E-state index in [9.17, 15) is 0 Å². The quantitative estimate of drug-likeness (QED) is 0.702. The molecule has 0 unspecified atom stereocenters. The molecule has 11 heavy (non-hydrogen) atoms. The van der Waals surface area contributed by atoms with Crippen LogP contribution in [-0.4, -0.2) is 4.98 Å². The van der Waals surface area contributed by atoms with Crippen molar-refractivity contribution in [3.63, 3.8) is 0 Å². The number of aryl methyl sites for hydroxylation is 1.